The molecule has 19 heavy (non-hydrogen) atoms. The predicted octanol–water partition coefficient (Wildman–Crippen LogP) is 2.40. The molecule has 0 aliphatic heterocycles. The highest BCUT2D eigenvalue weighted by Gasteiger charge is 1.97. The molecule has 1 heterocycles. The largest absolute Gasteiger partial charge is 0.362 e. The van der Waals surface area contributed by atoms with Crippen LogP contribution in [0.4, 0.5) is 10.1 Å². The average Bonchev–Trinajstić information content (AvgIpc) is 2.91. The molecule has 2 aromatic rings. The highest BCUT2D eigenvalue weighted by atomic mass is 32.1. The number of anilines is 1. The maximum atomic E-state index is 12.7. The van der Waals surface area contributed by atoms with E-state index in [0.717, 1.165) is 25.2 Å². The number of benzene rings is 1. The van der Waals surface area contributed by atoms with Crippen LogP contribution in [-0.2, 0) is 6.54 Å². The SMILES string of the molecule is Fc1ccc(NC(=S)NCCCn2ccnc2)cc1. The minimum absolute atomic E-state index is 0.259. The van der Waals surface area contributed by atoms with Crippen molar-refractivity contribution >= 4 is 23.0 Å². The number of aryl methyl sites for hydroxylation is 1. The monoisotopic (exact) mass is 278 g/mol. The quantitative estimate of drug-likeness (QED) is 0.651. The zero-order chi connectivity index (χ0) is 13.5. The van der Waals surface area contributed by atoms with Gasteiger partial charge in [-0.25, -0.2) is 9.37 Å². The Hall–Kier alpha value is -1.95. The van der Waals surface area contributed by atoms with E-state index in [1.165, 1.54) is 12.1 Å². The van der Waals surface area contributed by atoms with Crippen LogP contribution in [0.3, 0.4) is 0 Å². The van der Waals surface area contributed by atoms with Crippen LogP contribution in [0, 0.1) is 5.82 Å². The second kappa shape index (κ2) is 6.84. The predicted molar refractivity (Wildman–Crippen MR) is 77.5 cm³/mol. The summed E-state index contributed by atoms with van der Waals surface area (Å²) in [6.45, 7) is 1.66. The van der Waals surface area contributed by atoms with Gasteiger partial charge in [-0.2, -0.15) is 0 Å². The fraction of sp³-hybridized carbons (Fsp3) is 0.231. The molecule has 0 spiro atoms. The number of hydrogen-bond donors (Lipinski definition) is 2. The number of rotatable bonds is 5. The summed E-state index contributed by atoms with van der Waals surface area (Å²) < 4.78 is 14.7. The third-order valence-electron chi connectivity index (χ3n) is 2.54. The second-order valence-electron chi connectivity index (χ2n) is 4.04. The topological polar surface area (TPSA) is 41.9 Å². The molecule has 1 aromatic carbocycles. The standard InChI is InChI=1S/C13H15FN4S/c14-11-2-4-12(5-3-11)17-13(19)16-6-1-8-18-9-7-15-10-18/h2-5,7,9-10H,1,6,8H2,(H2,16,17,19). The Kier molecular flexibility index (Phi) is 4.85. The molecule has 100 valence electrons. The Labute approximate surface area is 116 Å². The van der Waals surface area contributed by atoms with E-state index in [9.17, 15) is 4.39 Å². The zero-order valence-corrected chi connectivity index (χ0v) is 11.2. The van der Waals surface area contributed by atoms with Crippen molar-refractivity contribution in [3.63, 3.8) is 0 Å². The molecule has 0 bridgehead atoms. The summed E-state index contributed by atoms with van der Waals surface area (Å²) in [7, 11) is 0. The van der Waals surface area contributed by atoms with Gasteiger partial charge in [-0.15, -0.1) is 0 Å². The highest BCUT2D eigenvalue weighted by Crippen LogP contribution is 2.07. The summed E-state index contributed by atoms with van der Waals surface area (Å²) in [5, 5.41) is 6.64. The minimum Gasteiger partial charge on any atom is -0.362 e. The van der Waals surface area contributed by atoms with Crippen LogP contribution in [0.5, 0.6) is 0 Å². The molecule has 6 heteroatoms. The molecule has 0 saturated carbocycles. The Morgan fingerprint density at radius 3 is 2.79 bits per heavy atom. The number of nitrogens with one attached hydrogen (secondary N) is 2. The van der Waals surface area contributed by atoms with E-state index in [1.807, 2.05) is 10.8 Å². The number of halogens is 1. The van der Waals surface area contributed by atoms with Gasteiger partial charge in [-0.05, 0) is 42.9 Å². The molecule has 0 aliphatic carbocycles. The maximum Gasteiger partial charge on any atom is 0.170 e. The lowest BCUT2D eigenvalue weighted by Crippen LogP contribution is -2.29. The van der Waals surface area contributed by atoms with Gasteiger partial charge in [0.1, 0.15) is 5.82 Å². The van der Waals surface area contributed by atoms with Gasteiger partial charge in [0, 0.05) is 31.2 Å². The Bertz CT molecular complexity index is 510. The normalized spacial score (nSPS) is 10.2. The smallest absolute Gasteiger partial charge is 0.170 e. The first-order chi connectivity index (χ1) is 9.24. The van der Waals surface area contributed by atoms with E-state index in [4.69, 9.17) is 12.2 Å². The summed E-state index contributed by atoms with van der Waals surface area (Å²) in [4.78, 5) is 3.97. The van der Waals surface area contributed by atoms with Gasteiger partial charge in [0.15, 0.2) is 5.11 Å². The molecule has 4 nitrogen and oxygen atoms in total. The van der Waals surface area contributed by atoms with Crippen LogP contribution in [0.25, 0.3) is 0 Å². The van der Waals surface area contributed by atoms with Crippen LogP contribution >= 0.6 is 12.2 Å². The van der Waals surface area contributed by atoms with Gasteiger partial charge in [0.05, 0.1) is 6.33 Å². The van der Waals surface area contributed by atoms with Crippen LogP contribution in [-0.4, -0.2) is 21.2 Å². The first-order valence-electron chi connectivity index (χ1n) is 6.00. The molecular weight excluding hydrogens is 263 g/mol. The molecule has 0 aliphatic rings. The molecule has 0 fully saturated rings. The fourth-order valence-corrected chi connectivity index (χ4v) is 1.81. The maximum absolute atomic E-state index is 12.7. The third kappa shape index (κ3) is 4.67. The molecule has 0 atom stereocenters. The number of thiocarbonyl (C=S) groups is 1. The summed E-state index contributed by atoms with van der Waals surface area (Å²) in [5.74, 6) is -0.259. The van der Waals surface area contributed by atoms with Crippen molar-refractivity contribution in [1.82, 2.24) is 14.9 Å². The van der Waals surface area contributed by atoms with E-state index in [-0.39, 0.29) is 5.82 Å². The third-order valence-corrected chi connectivity index (χ3v) is 2.79. The van der Waals surface area contributed by atoms with E-state index in [2.05, 4.69) is 15.6 Å². The number of imidazole rings is 1. The molecule has 0 radical (unpaired) electrons. The van der Waals surface area contributed by atoms with Crippen LogP contribution in [0.1, 0.15) is 6.42 Å². The Balaban J connectivity index is 1.65. The summed E-state index contributed by atoms with van der Waals surface area (Å²) in [6, 6.07) is 6.08. The number of aromatic nitrogens is 2. The zero-order valence-electron chi connectivity index (χ0n) is 10.3. The van der Waals surface area contributed by atoms with Gasteiger partial charge >= 0.3 is 0 Å². The minimum atomic E-state index is -0.259. The van der Waals surface area contributed by atoms with E-state index < -0.39 is 0 Å². The van der Waals surface area contributed by atoms with Crippen LogP contribution in [0.2, 0.25) is 0 Å². The van der Waals surface area contributed by atoms with Gasteiger partial charge < -0.3 is 15.2 Å². The fourth-order valence-electron chi connectivity index (χ4n) is 1.59. The van der Waals surface area contributed by atoms with E-state index in [1.54, 1.807) is 24.7 Å². The van der Waals surface area contributed by atoms with Gasteiger partial charge in [0.2, 0.25) is 0 Å². The van der Waals surface area contributed by atoms with E-state index >= 15 is 0 Å². The van der Waals surface area contributed by atoms with Crippen LogP contribution < -0.4 is 10.6 Å². The van der Waals surface area contributed by atoms with Crippen molar-refractivity contribution in [3.05, 3.63) is 48.8 Å². The molecule has 0 unspecified atom stereocenters. The average molecular weight is 278 g/mol. The lowest BCUT2D eigenvalue weighted by atomic mass is 10.3. The molecule has 2 N–H and O–H groups in total. The summed E-state index contributed by atoms with van der Waals surface area (Å²) in [5.41, 5.74) is 0.772. The Morgan fingerprint density at radius 2 is 2.11 bits per heavy atom. The van der Waals surface area contributed by atoms with Crippen molar-refractivity contribution in [2.45, 2.75) is 13.0 Å². The van der Waals surface area contributed by atoms with Crippen molar-refractivity contribution < 1.29 is 4.39 Å². The lowest BCUT2D eigenvalue weighted by molar-refractivity contribution is 0.628. The molecule has 1 aromatic heterocycles. The summed E-state index contributed by atoms with van der Waals surface area (Å²) in [6.07, 6.45) is 6.42. The van der Waals surface area contributed by atoms with Crippen molar-refractivity contribution in [2.24, 2.45) is 0 Å². The van der Waals surface area contributed by atoms with Crippen LogP contribution in [0.15, 0.2) is 43.0 Å². The van der Waals surface area contributed by atoms with Gasteiger partial charge in [-0.1, -0.05) is 0 Å². The first kappa shape index (κ1) is 13.5. The molecule has 0 saturated heterocycles. The lowest BCUT2D eigenvalue weighted by Gasteiger charge is -2.10. The first-order valence-corrected chi connectivity index (χ1v) is 6.41. The van der Waals surface area contributed by atoms with Crippen molar-refractivity contribution in [2.75, 3.05) is 11.9 Å². The Morgan fingerprint density at radius 1 is 1.32 bits per heavy atom. The molecular formula is C13H15FN4S. The number of hydrogen-bond acceptors (Lipinski definition) is 2. The molecule has 0 amide bonds. The molecule has 2 rings (SSSR count). The second-order valence-corrected chi connectivity index (χ2v) is 4.45. The summed E-state index contributed by atoms with van der Waals surface area (Å²) >= 11 is 5.15. The van der Waals surface area contributed by atoms with Crippen molar-refractivity contribution in [1.29, 1.82) is 0 Å². The highest BCUT2D eigenvalue weighted by molar-refractivity contribution is 7.80. The number of nitrogens with zero attached hydrogens (tertiary/aromatic N) is 2. The van der Waals surface area contributed by atoms with E-state index in [0.29, 0.717) is 5.11 Å². The van der Waals surface area contributed by atoms with Crippen molar-refractivity contribution in [3.8, 4) is 0 Å². The van der Waals surface area contributed by atoms with Gasteiger partial charge in [-0.3, -0.25) is 0 Å². The van der Waals surface area contributed by atoms with Gasteiger partial charge in [0.25, 0.3) is 0 Å².